The van der Waals surface area contributed by atoms with E-state index >= 15 is 0 Å². The molecule has 2 heterocycles. The Morgan fingerprint density at radius 1 is 1.07 bits per heavy atom. The summed E-state index contributed by atoms with van der Waals surface area (Å²) in [4.78, 5) is 22.1. The number of amides is 1. The molecule has 0 fully saturated rings. The van der Waals surface area contributed by atoms with Crippen LogP contribution in [0, 0.1) is 5.82 Å². The van der Waals surface area contributed by atoms with Crippen LogP contribution in [0.15, 0.2) is 42.5 Å². The van der Waals surface area contributed by atoms with E-state index in [-0.39, 0.29) is 24.1 Å². The summed E-state index contributed by atoms with van der Waals surface area (Å²) in [5.74, 6) is -0.583. The number of carbonyl (C=O) groups excluding carboxylic acids is 1. The molecule has 0 bridgehead atoms. The minimum Gasteiger partial charge on any atom is -1.00 e. The van der Waals surface area contributed by atoms with Gasteiger partial charge >= 0.3 is 0 Å². The molecule has 9 heteroatoms. The third-order valence-corrected chi connectivity index (χ3v) is 7.26. The first-order chi connectivity index (χ1) is 14.0. The molecule has 0 saturated carbocycles. The van der Waals surface area contributed by atoms with E-state index in [2.05, 4.69) is 9.88 Å². The summed E-state index contributed by atoms with van der Waals surface area (Å²) in [6.45, 7) is 1.30. The molecular weight excluding hydrogens is 464 g/mol. The minimum atomic E-state index is -0.384. The predicted molar refractivity (Wildman–Crippen MR) is 121 cm³/mol. The van der Waals surface area contributed by atoms with Gasteiger partial charge in [-0.15, -0.1) is 11.3 Å². The quantitative estimate of drug-likeness (QED) is 0.423. The Bertz CT molecular complexity index is 1190. The number of thiazole rings is 1. The third kappa shape index (κ3) is 4.45. The van der Waals surface area contributed by atoms with Crippen LogP contribution in [0.5, 0.6) is 0 Å². The summed E-state index contributed by atoms with van der Waals surface area (Å²) in [6.07, 6.45) is 0.764. The number of carbonyl (C=O) groups is 1. The van der Waals surface area contributed by atoms with E-state index in [0.717, 1.165) is 23.1 Å². The number of aromatic nitrogens is 1. The van der Waals surface area contributed by atoms with Gasteiger partial charge in [0.15, 0.2) is 5.13 Å². The van der Waals surface area contributed by atoms with Crippen molar-refractivity contribution in [2.75, 3.05) is 32.1 Å². The number of nitrogens with zero attached hydrogens (tertiary/aromatic N) is 3. The highest BCUT2D eigenvalue weighted by Gasteiger charge is 2.26. The molecule has 0 aliphatic rings. The first kappa shape index (κ1) is 22.9. The summed E-state index contributed by atoms with van der Waals surface area (Å²) >= 11 is 9.24. The molecule has 0 atom stereocenters. The molecule has 0 unspecified atom stereocenters. The van der Waals surface area contributed by atoms with Crippen LogP contribution in [0.25, 0.3) is 20.3 Å². The summed E-state index contributed by atoms with van der Waals surface area (Å²) < 4.78 is 15.8. The van der Waals surface area contributed by atoms with Gasteiger partial charge in [-0.05, 0) is 45.3 Å². The molecule has 0 saturated heterocycles. The Kier molecular flexibility index (Phi) is 7.31. The number of anilines is 1. The second kappa shape index (κ2) is 9.58. The van der Waals surface area contributed by atoms with Gasteiger partial charge < -0.3 is 17.3 Å². The molecule has 0 aliphatic heterocycles. The van der Waals surface area contributed by atoms with Gasteiger partial charge in [-0.1, -0.05) is 47.2 Å². The van der Waals surface area contributed by atoms with Gasteiger partial charge in [-0.2, -0.15) is 0 Å². The fourth-order valence-corrected chi connectivity index (χ4v) is 5.59. The number of hydrogen-bond acceptors (Lipinski definition) is 5. The molecule has 4 aromatic rings. The summed E-state index contributed by atoms with van der Waals surface area (Å²) in [6, 6.07) is 12.5. The highest BCUT2D eigenvalue weighted by molar-refractivity contribution is 7.23. The molecule has 0 radical (unpaired) electrons. The standard InChI is InChI=1S/C21H19ClFN3OS2.ClH/c1-25(2)11-6-12-26(21-24-18-14(23)8-5-10-16(18)29-21)20(27)19-17(22)13-7-3-4-9-15(13)28-19;/h3-5,7-10H,6,11-12H2,1-2H3;1H/p-1. The van der Waals surface area contributed by atoms with Gasteiger partial charge in [-0.3, -0.25) is 9.69 Å². The lowest BCUT2D eigenvalue weighted by Gasteiger charge is -2.20. The number of para-hydroxylation sites is 1. The number of hydrogen-bond donors (Lipinski definition) is 0. The predicted octanol–water partition coefficient (Wildman–Crippen LogP) is 2.91. The third-order valence-electron chi connectivity index (χ3n) is 4.55. The van der Waals surface area contributed by atoms with Gasteiger partial charge in [0.1, 0.15) is 16.2 Å². The van der Waals surface area contributed by atoms with Crippen molar-refractivity contribution in [2.45, 2.75) is 6.42 Å². The second-order valence-electron chi connectivity index (χ2n) is 6.94. The minimum absolute atomic E-state index is 0. The molecule has 158 valence electrons. The summed E-state index contributed by atoms with van der Waals surface area (Å²) in [5, 5.41) is 1.81. The molecule has 2 aromatic heterocycles. The van der Waals surface area contributed by atoms with E-state index < -0.39 is 0 Å². The van der Waals surface area contributed by atoms with Crippen molar-refractivity contribution < 1.29 is 21.6 Å². The lowest BCUT2D eigenvalue weighted by molar-refractivity contribution is -0.0000139. The van der Waals surface area contributed by atoms with Crippen molar-refractivity contribution in [2.24, 2.45) is 0 Å². The van der Waals surface area contributed by atoms with Crippen molar-refractivity contribution in [1.82, 2.24) is 9.88 Å². The van der Waals surface area contributed by atoms with Crippen molar-refractivity contribution in [3.63, 3.8) is 0 Å². The zero-order chi connectivity index (χ0) is 20.5. The van der Waals surface area contributed by atoms with Crippen LogP contribution in [0.2, 0.25) is 5.02 Å². The first-order valence-electron chi connectivity index (χ1n) is 9.14. The topological polar surface area (TPSA) is 36.4 Å². The second-order valence-corrected chi connectivity index (χ2v) is 9.38. The molecular formula is C21H19Cl2FN3OS2-. The van der Waals surface area contributed by atoms with Crippen LogP contribution in [0.1, 0.15) is 16.1 Å². The first-order valence-corrected chi connectivity index (χ1v) is 11.2. The lowest BCUT2D eigenvalue weighted by atomic mass is 10.2. The highest BCUT2D eigenvalue weighted by atomic mass is 35.5. The average Bonchev–Trinajstić information content (AvgIpc) is 3.27. The number of thiophene rings is 1. The Balaban J connectivity index is 0.00000256. The Hall–Kier alpha value is -1.77. The zero-order valence-electron chi connectivity index (χ0n) is 16.4. The molecule has 4 rings (SSSR count). The van der Waals surface area contributed by atoms with Crippen molar-refractivity contribution >= 4 is 65.6 Å². The largest absolute Gasteiger partial charge is 1.00 e. The van der Waals surface area contributed by atoms with Crippen LogP contribution in [0.4, 0.5) is 9.52 Å². The Morgan fingerprint density at radius 3 is 2.50 bits per heavy atom. The lowest BCUT2D eigenvalue weighted by Crippen LogP contribution is -3.00. The van der Waals surface area contributed by atoms with Crippen molar-refractivity contribution in [3.05, 3.63) is 58.2 Å². The highest BCUT2D eigenvalue weighted by Crippen LogP contribution is 2.38. The van der Waals surface area contributed by atoms with Crippen LogP contribution in [-0.4, -0.2) is 43.0 Å². The molecule has 1 amide bonds. The maximum atomic E-state index is 14.2. The van der Waals surface area contributed by atoms with E-state index in [9.17, 15) is 9.18 Å². The monoisotopic (exact) mass is 482 g/mol. The van der Waals surface area contributed by atoms with Crippen molar-refractivity contribution in [1.29, 1.82) is 0 Å². The van der Waals surface area contributed by atoms with E-state index in [1.54, 1.807) is 11.0 Å². The smallest absolute Gasteiger partial charge is 0.271 e. The SMILES string of the molecule is CN(C)CCCN(C(=O)c1sc2ccccc2c1Cl)c1nc2c(F)cccc2s1.[Cl-]. The molecule has 4 nitrogen and oxygen atoms in total. The van der Waals surface area contributed by atoms with Gasteiger partial charge in [0.2, 0.25) is 0 Å². The van der Waals surface area contributed by atoms with E-state index in [1.165, 1.54) is 28.7 Å². The molecule has 0 aliphatic carbocycles. The summed E-state index contributed by atoms with van der Waals surface area (Å²) in [5.41, 5.74) is 0.292. The fraction of sp³-hybridized carbons (Fsp3) is 0.238. The number of fused-ring (bicyclic) bond motifs is 2. The van der Waals surface area contributed by atoms with Crippen LogP contribution >= 0.6 is 34.3 Å². The van der Waals surface area contributed by atoms with Gasteiger partial charge in [-0.25, -0.2) is 9.37 Å². The molecule has 30 heavy (non-hydrogen) atoms. The van der Waals surface area contributed by atoms with E-state index in [4.69, 9.17) is 11.6 Å². The molecule has 2 aromatic carbocycles. The molecule has 0 spiro atoms. The molecule has 0 N–H and O–H groups in total. The van der Waals surface area contributed by atoms with Crippen LogP contribution in [-0.2, 0) is 0 Å². The zero-order valence-corrected chi connectivity index (χ0v) is 19.5. The summed E-state index contributed by atoms with van der Waals surface area (Å²) in [7, 11) is 3.98. The average molecular weight is 483 g/mol. The van der Waals surface area contributed by atoms with E-state index in [1.807, 2.05) is 44.4 Å². The number of rotatable bonds is 6. The van der Waals surface area contributed by atoms with E-state index in [0.29, 0.717) is 31.8 Å². The maximum absolute atomic E-state index is 14.2. The van der Waals surface area contributed by atoms with Gasteiger partial charge in [0.25, 0.3) is 5.91 Å². The van der Waals surface area contributed by atoms with Crippen LogP contribution in [0.3, 0.4) is 0 Å². The number of benzene rings is 2. The number of halogens is 3. The Morgan fingerprint density at radius 2 is 1.80 bits per heavy atom. The van der Waals surface area contributed by atoms with Crippen LogP contribution < -0.4 is 17.3 Å². The van der Waals surface area contributed by atoms with Crippen molar-refractivity contribution in [3.8, 4) is 0 Å². The maximum Gasteiger partial charge on any atom is 0.271 e. The fourth-order valence-electron chi connectivity index (χ4n) is 3.12. The normalized spacial score (nSPS) is 11.2. The van der Waals surface area contributed by atoms with Gasteiger partial charge in [0.05, 0.1) is 9.72 Å². The Labute approximate surface area is 193 Å². The van der Waals surface area contributed by atoms with Gasteiger partial charge in [0, 0.05) is 16.6 Å².